The Morgan fingerprint density at radius 2 is 2.03 bits per heavy atom. The van der Waals surface area contributed by atoms with Crippen LogP contribution in [0.25, 0.3) is 11.2 Å². The topological polar surface area (TPSA) is 131 Å². The summed E-state index contributed by atoms with van der Waals surface area (Å²) in [4.78, 5) is 25.5. The Bertz CT molecular complexity index is 1450. The number of aliphatic carboxylic acids is 1. The Morgan fingerprint density at radius 3 is 2.69 bits per heavy atom. The number of hydrogen-bond acceptors (Lipinski definition) is 8. The second-order valence-corrected chi connectivity index (χ2v) is 11.8. The standard InChI is InChI=1S/C27H31Cl2N7O3/c1-15(17-7-6-16(28)11-19(17)29)36-25-24(20(12-30)33-36)31-13-23(32-25)34-10-8-21(18(14-34)27(2,3)39)35-9-4-5-22(35)26(37)38/h6-7,11,13,15,18,21-22,39H,4-5,8-10,14H2,1-3H3,(H,37,38). The van der Waals surface area contributed by atoms with Crippen LogP contribution in [0.1, 0.15) is 57.3 Å². The van der Waals surface area contributed by atoms with Crippen molar-refractivity contribution in [3.8, 4) is 6.07 Å². The van der Waals surface area contributed by atoms with Crippen molar-refractivity contribution in [2.75, 3.05) is 24.5 Å². The summed E-state index contributed by atoms with van der Waals surface area (Å²) in [5, 5.41) is 36.1. The molecule has 3 aromatic rings. The van der Waals surface area contributed by atoms with E-state index in [1.54, 1.807) is 36.9 Å². The quantitative estimate of drug-likeness (QED) is 0.448. The molecule has 10 nitrogen and oxygen atoms in total. The second kappa shape index (κ2) is 10.5. The van der Waals surface area contributed by atoms with Gasteiger partial charge in [0.15, 0.2) is 11.3 Å². The number of hydrogen-bond donors (Lipinski definition) is 2. The van der Waals surface area contributed by atoms with E-state index in [9.17, 15) is 20.3 Å². The van der Waals surface area contributed by atoms with Crippen molar-refractivity contribution in [2.45, 2.75) is 63.8 Å². The zero-order valence-corrected chi connectivity index (χ0v) is 23.6. The van der Waals surface area contributed by atoms with Gasteiger partial charge in [-0.1, -0.05) is 29.3 Å². The maximum atomic E-state index is 11.9. The molecule has 2 aromatic heterocycles. The fourth-order valence-electron chi connectivity index (χ4n) is 6.06. The average Bonchev–Trinajstić information content (AvgIpc) is 3.52. The molecule has 2 fully saturated rings. The van der Waals surface area contributed by atoms with Crippen molar-refractivity contribution < 1.29 is 15.0 Å². The summed E-state index contributed by atoms with van der Waals surface area (Å²) in [7, 11) is 0. The molecule has 12 heteroatoms. The molecular weight excluding hydrogens is 541 g/mol. The highest BCUT2D eigenvalue weighted by molar-refractivity contribution is 6.35. The van der Waals surface area contributed by atoms with Gasteiger partial charge in [-0.05, 0) is 64.3 Å². The molecule has 0 aliphatic carbocycles. The van der Waals surface area contributed by atoms with Crippen molar-refractivity contribution >= 4 is 46.2 Å². The number of aliphatic hydroxyl groups is 1. The van der Waals surface area contributed by atoms with Crippen LogP contribution < -0.4 is 4.90 Å². The smallest absolute Gasteiger partial charge is 0.320 e. The van der Waals surface area contributed by atoms with Crippen LogP contribution in [0, 0.1) is 17.2 Å². The van der Waals surface area contributed by atoms with Crippen molar-refractivity contribution in [2.24, 2.45) is 5.92 Å². The van der Waals surface area contributed by atoms with Crippen LogP contribution in [0.2, 0.25) is 10.0 Å². The number of nitrogens with zero attached hydrogens (tertiary/aromatic N) is 7. The lowest BCUT2D eigenvalue weighted by Crippen LogP contribution is -2.59. The summed E-state index contributed by atoms with van der Waals surface area (Å²) in [5.74, 6) is -0.418. The van der Waals surface area contributed by atoms with Gasteiger partial charge in [-0.25, -0.2) is 14.6 Å². The summed E-state index contributed by atoms with van der Waals surface area (Å²) in [6.07, 6.45) is 3.76. The van der Waals surface area contributed by atoms with Gasteiger partial charge in [0.05, 0.1) is 17.8 Å². The molecule has 1 aromatic carbocycles. The van der Waals surface area contributed by atoms with Gasteiger partial charge in [0.2, 0.25) is 0 Å². The van der Waals surface area contributed by atoms with E-state index in [-0.39, 0.29) is 23.7 Å². The third kappa shape index (κ3) is 5.16. The maximum Gasteiger partial charge on any atom is 0.320 e. The number of nitriles is 1. The van der Waals surface area contributed by atoms with Crippen LogP contribution in [0.4, 0.5) is 5.82 Å². The van der Waals surface area contributed by atoms with E-state index in [0.717, 1.165) is 12.0 Å². The second-order valence-electron chi connectivity index (χ2n) is 10.9. The first-order chi connectivity index (χ1) is 18.5. The number of halogens is 2. The van der Waals surface area contributed by atoms with Gasteiger partial charge in [0, 0.05) is 35.1 Å². The molecule has 0 radical (unpaired) electrons. The van der Waals surface area contributed by atoms with Crippen LogP contribution in [-0.4, -0.2) is 78.1 Å². The van der Waals surface area contributed by atoms with E-state index in [1.807, 2.05) is 13.0 Å². The van der Waals surface area contributed by atoms with Crippen LogP contribution in [0.5, 0.6) is 0 Å². The predicted octanol–water partition coefficient (Wildman–Crippen LogP) is 4.13. The van der Waals surface area contributed by atoms with E-state index < -0.39 is 17.6 Å². The monoisotopic (exact) mass is 571 g/mol. The van der Waals surface area contributed by atoms with E-state index >= 15 is 0 Å². The number of carbonyl (C=O) groups is 1. The molecule has 2 aliphatic rings. The molecule has 2 saturated heterocycles. The first-order valence-electron chi connectivity index (χ1n) is 13.1. The number of aromatic nitrogens is 4. The molecule has 4 atom stereocenters. The molecule has 2 aliphatic heterocycles. The Kier molecular flexibility index (Phi) is 7.46. The predicted molar refractivity (Wildman–Crippen MR) is 148 cm³/mol. The number of likely N-dealkylation sites (tertiary alicyclic amines) is 1. The van der Waals surface area contributed by atoms with Gasteiger partial charge in [0.1, 0.15) is 23.4 Å². The van der Waals surface area contributed by atoms with Crippen molar-refractivity contribution in [1.82, 2.24) is 24.6 Å². The molecule has 0 saturated carbocycles. The lowest BCUT2D eigenvalue weighted by atomic mass is 9.79. The lowest BCUT2D eigenvalue weighted by molar-refractivity contribution is -0.144. The van der Waals surface area contributed by atoms with Gasteiger partial charge in [-0.2, -0.15) is 10.4 Å². The lowest BCUT2D eigenvalue weighted by Gasteiger charge is -2.48. The highest BCUT2D eigenvalue weighted by atomic mass is 35.5. The Balaban J connectivity index is 1.49. The van der Waals surface area contributed by atoms with Crippen molar-refractivity contribution in [3.05, 3.63) is 45.7 Å². The van der Waals surface area contributed by atoms with E-state index in [1.165, 1.54) is 0 Å². The van der Waals surface area contributed by atoms with Gasteiger partial charge in [-0.15, -0.1) is 0 Å². The van der Waals surface area contributed by atoms with Crippen molar-refractivity contribution in [1.29, 1.82) is 5.26 Å². The van der Waals surface area contributed by atoms with Gasteiger partial charge in [0.25, 0.3) is 0 Å². The summed E-state index contributed by atoms with van der Waals surface area (Å²) in [5.41, 5.74) is 0.761. The average molecular weight is 572 g/mol. The molecule has 4 heterocycles. The molecular formula is C27H31Cl2N7O3. The Labute approximate surface area is 236 Å². The minimum Gasteiger partial charge on any atom is -0.480 e. The summed E-state index contributed by atoms with van der Waals surface area (Å²) in [6.45, 7) is 7.29. The summed E-state index contributed by atoms with van der Waals surface area (Å²) < 4.78 is 1.65. The van der Waals surface area contributed by atoms with Crippen LogP contribution >= 0.6 is 23.2 Å². The molecule has 5 rings (SSSR count). The molecule has 4 unspecified atom stereocenters. The SMILES string of the molecule is CC(c1ccc(Cl)cc1Cl)n1nc(C#N)c2ncc(N3CCC(N4CCCC4C(=O)O)C(C(C)(C)O)C3)nc21. The van der Waals surface area contributed by atoms with Crippen LogP contribution in [0.15, 0.2) is 24.4 Å². The van der Waals surface area contributed by atoms with E-state index in [4.69, 9.17) is 28.2 Å². The first-order valence-corrected chi connectivity index (χ1v) is 13.8. The molecule has 0 amide bonds. The molecule has 0 bridgehead atoms. The zero-order valence-electron chi connectivity index (χ0n) is 22.1. The molecule has 39 heavy (non-hydrogen) atoms. The van der Waals surface area contributed by atoms with Crippen molar-refractivity contribution in [3.63, 3.8) is 0 Å². The third-order valence-corrected chi connectivity index (χ3v) is 8.65. The number of piperidine rings is 1. The highest BCUT2D eigenvalue weighted by Gasteiger charge is 2.46. The highest BCUT2D eigenvalue weighted by Crippen LogP contribution is 2.37. The molecule has 2 N–H and O–H groups in total. The third-order valence-electron chi connectivity index (χ3n) is 8.09. The van der Waals surface area contributed by atoms with Gasteiger partial charge < -0.3 is 15.1 Å². The number of benzene rings is 1. The Hall–Kier alpha value is -2.97. The summed E-state index contributed by atoms with van der Waals surface area (Å²) in [6, 6.07) is 6.42. The number of carboxylic acids is 1. The first kappa shape index (κ1) is 27.6. The maximum absolute atomic E-state index is 11.9. The van der Waals surface area contributed by atoms with E-state index in [0.29, 0.717) is 59.5 Å². The van der Waals surface area contributed by atoms with Gasteiger partial charge in [-0.3, -0.25) is 9.69 Å². The fraction of sp³-hybridized carbons (Fsp3) is 0.519. The van der Waals surface area contributed by atoms with E-state index in [2.05, 4.69) is 26.0 Å². The van der Waals surface area contributed by atoms with Gasteiger partial charge >= 0.3 is 5.97 Å². The minimum absolute atomic E-state index is 0.0654. The minimum atomic E-state index is -1.04. The normalized spacial score (nSPS) is 23.2. The largest absolute Gasteiger partial charge is 0.480 e. The zero-order chi connectivity index (χ0) is 28.1. The number of carboxylic acid groups (broad SMARTS) is 1. The fourth-order valence-corrected chi connectivity index (χ4v) is 6.63. The number of rotatable bonds is 6. The molecule has 206 valence electrons. The summed E-state index contributed by atoms with van der Waals surface area (Å²) >= 11 is 12.6. The number of fused-ring (bicyclic) bond motifs is 1. The Morgan fingerprint density at radius 1 is 1.26 bits per heavy atom. The van der Waals surface area contributed by atoms with Crippen LogP contribution in [0.3, 0.4) is 0 Å². The van der Waals surface area contributed by atoms with Crippen LogP contribution in [-0.2, 0) is 4.79 Å². The number of anilines is 1. The molecule has 0 spiro atoms.